The number of aliphatic hydroxyl groups excluding tert-OH is 1. The summed E-state index contributed by atoms with van der Waals surface area (Å²) >= 11 is 0. The summed E-state index contributed by atoms with van der Waals surface area (Å²) in [4.78, 5) is 9.89. The lowest BCUT2D eigenvalue weighted by molar-refractivity contribution is -0.104. The number of aliphatic hydroxyl groups is 1. The molecule has 44 heavy (non-hydrogen) atoms. The van der Waals surface area contributed by atoms with Crippen LogP contribution in [-0.4, -0.2) is 49.0 Å². The molecule has 2 aliphatic rings. The van der Waals surface area contributed by atoms with Crippen LogP contribution in [0.2, 0.25) is 0 Å². The molecule has 1 fully saturated rings. The first kappa shape index (κ1) is 37.8. The lowest BCUT2D eigenvalue weighted by atomic mass is 9.85. The van der Waals surface area contributed by atoms with Gasteiger partial charge in [-0.15, -0.1) is 0 Å². The standard InChI is InChI=1S/C16H16O2.C9H8O.C7H8O.C4H10N2.2CH4/c1-11-7-8-15-14(9-11)13(10-16(17)18-15)12-5-3-2-4-6-12;10-8-4-7-9-5-2-1-3-6-9;1-6-2-4-7(8)5-3-6;1-2-6-4-3-5-1;;/h2-9,13,16-17H,10H2,1H3;1-8H;2-5,8H,1H3;5-6H,1-4H2;2*1H4/b;7-4+;;;;. The molecule has 0 aromatic heterocycles. The second kappa shape index (κ2) is 21.5. The number of aldehydes is 1. The number of aryl methyl sites for hydroxylation is 2. The van der Waals surface area contributed by atoms with E-state index in [1.807, 2.05) is 79.7 Å². The highest BCUT2D eigenvalue weighted by Crippen LogP contribution is 2.40. The first-order valence-electron chi connectivity index (χ1n) is 14.3. The van der Waals surface area contributed by atoms with Crippen LogP contribution in [0, 0.1) is 13.8 Å². The number of piperazine rings is 1. The minimum Gasteiger partial charge on any atom is -0.508 e. The summed E-state index contributed by atoms with van der Waals surface area (Å²) in [6.07, 6.45) is 3.92. The Kier molecular flexibility index (Phi) is 18.4. The van der Waals surface area contributed by atoms with Gasteiger partial charge in [-0.2, -0.15) is 0 Å². The number of benzene rings is 4. The van der Waals surface area contributed by atoms with Crippen LogP contribution in [0.25, 0.3) is 6.08 Å². The fourth-order valence-electron chi connectivity index (χ4n) is 4.43. The van der Waals surface area contributed by atoms with Crippen LogP contribution >= 0.6 is 0 Å². The number of phenols is 1. The predicted octanol–water partition coefficient (Wildman–Crippen LogP) is 7.28. The first-order valence-corrected chi connectivity index (χ1v) is 14.3. The third kappa shape index (κ3) is 13.8. The summed E-state index contributed by atoms with van der Waals surface area (Å²) in [5, 5.41) is 25.0. The molecule has 6 nitrogen and oxygen atoms in total. The van der Waals surface area contributed by atoms with Crippen LogP contribution < -0.4 is 15.4 Å². The number of ether oxygens (including phenoxy) is 1. The second-order valence-corrected chi connectivity index (χ2v) is 10.1. The van der Waals surface area contributed by atoms with Gasteiger partial charge in [-0.25, -0.2) is 0 Å². The zero-order valence-corrected chi connectivity index (χ0v) is 24.4. The molecule has 4 aromatic rings. The molecule has 236 valence electrons. The summed E-state index contributed by atoms with van der Waals surface area (Å²) in [5.74, 6) is 1.34. The smallest absolute Gasteiger partial charge is 0.198 e. The summed E-state index contributed by atoms with van der Waals surface area (Å²) in [6, 6.07) is 33.2. The maximum atomic E-state index is 9.89. The lowest BCUT2D eigenvalue weighted by Crippen LogP contribution is -2.39. The van der Waals surface area contributed by atoms with Crippen LogP contribution in [0.4, 0.5) is 0 Å². The Bertz CT molecular complexity index is 1310. The molecule has 0 aliphatic carbocycles. The highest BCUT2D eigenvalue weighted by Gasteiger charge is 2.28. The van der Waals surface area contributed by atoms with Crippen molar-refractivity contribution < 1.29 is 19.7 Å². The minimum atomic E-state index is -0.717. The van der Waals surface area contributed by atoms with E-state index >= 15 is 0 Å². The maximum Gasteiger partial charge on any atom is 0.198 e. The van der Waals surface area contributed by atoms with Crippen molar-refractivity contribution in [3.8, 4) is 11.5 Å². The van der Waals surface area contributed by atoms with Gasteiger partial charge in [0.25, 0.3) is 0 Å². The van der Waals surface area contributed by atoms with E-state index in [0.29, 0.717) is 12.2 Å². The molecule has 2 unspecified atom stereocenters. The Hall–Kier alpha value is -4.23. The molecule has 6 rings (SSSR count). The zero-order valence-electron chi connectivity index (χ0n) is 24.4. The average molecular weight is 599 g/mol. The summed E-state index contributed by atoms with van der Waals surface area (Å²) in [7, 11) is 0. The van der Waals surface area contributed by atoms with E-state index in [0.717, 1.165) is 43.8 Å². The number of carbonyl (C=O) groups is 1. The van der Waals surface area contributed by atoms with E-state index in [-0.39, 0.29) is 20.8 Å². The molecule has 6 heteroatoms. The molecule has 0 amide bonds. The molecule has 1 saturated heterocycles. The summed E-state index contributed by atoms with van der Waals surface area (Å²) in [6.45, 7) is 8.62. The van der Waals surface area contributed by atoms with E-state index < -0.39 is 6.29 Å². The van der Waals surface area contributed by atoms with E-state index in [9.17, 15) is 9.90 Å². The molecule has 0 saturated carbocycles. The van der Waals surface area contributed by atoms with Gasteiger partial charge in [0, 0.05) is 44.1 Å². The fourth-order valence-corrected chi connectivity index (χ4v) is 4.43. The number of nitrogens with one attached hydrogen (secondary N) is 2. The molecule has 4 N–H and O–H groups in total. The van der Waals surface area contributed by atoms with E-state index in [1.165, 1.54) is 28.3 Å². The first-order chi connectivity index (χ1) is 20.5. The third-order valence-corrected chi connectivity index (χ3v) is 6.60. The summed E-state index contributed by atoms with van der Waals surface area (Å²) in [5.41, 5.74) is 5.84. The number of hydrogen-bond donors (Lipinski definition) is 4. The maximum absolute atomic E-state index is 9.89. The van der Waals surface area contributed by atoms with Crippen molar-refractivity contribution in [1.29, 1.82) is 0 Å². The van der Waals surface area contributed by atoms with Gasteiger partial charge in [0.2, 0.25) is 0 Å². The van der Waals surface area contributed by atoms with Gasteiger partial charge in [0.1, 0.15) is 17.8 Å². The Morgan fingerprint density at radius 2 is 1.30 bits per heavy atom. The van der Waals surface area contributed by atoms with Crippen molar-refractivity contribution >= 4 is 12.4 Å². The average Bonchev–Trinajstić information content (AvgIpc) is 3.04. The SMILES string of the molecule is C.C.C1CNCCN1.Cc1ccc(O)cc1.Cc1ccc2c(c1)C(c1ccccc1)CC(O)O2.O=C/C=C/c1ccccc1. The number of hydrogen-bond acceptors (Lipinski definition) is 6. The molecule has 2 heterocycles. The largest absolute Gasteiger partial charge is 0.508 e. The Morgan fingerprint density at radius 1 is 0.750 bits per heavy atom. The number of aromatic hydroxyl groups is 1. The second-order valence-electron chi connectivity index (χ2n) is 10.1. The predicted molar refractivity (Wildman–Crippen MR) is 184 cm³/mol. The fraction of sp³-hybridized carbons (Fsp3) is 0.289. The minimum absolute atomic E-state index is 0. The molecule has 0 spiro atoms. The molecule has 2 atom stereocenters. The van der Waals surface area contributed by atoms with Crippen LogP contribution in [-0.2, 0) is 4.79 Å². The quantitative estimate of drug-likeness (QED) is 0.146. The van der Waals surface area contributed by atoms with Crippen molar-refractivity contribution in [2.24, 2.45) is 0 Å². The molecule has 0 bridgehead atoms. The number of phenolic OH excluding ortho intramolecular Hbond substituents is 1. The van der Waals surface area contributed by atoms with Gasteiger partial charge < -0.3 is 25.6 Å². The third-order valence-electron chi connectivity index (χ3n) is 6.60. The normalized spacial score (nSPS) is 16.2. The molecular weight excluding hydrogens is 548 g/mol. The summed E-state index contributed by atoms with van der Waals surface area (Å²) < 4.78 is 5.49. The number of allylic oxidation sites excluding steroid dienone is 1. The van der Waals surface area contributed by atoms with Crippen molar-refractivity contribution in [3.05, 3.63) is 137 Å². The van der Waals surface area contributed by atoms with E-state index in [4.69, 9.17) is 9.84 Å². The number of rotatable bonds is 3. The Labute approximate surface area is 264 Å². The Balaban J connectivity index is 0.000000318. The monoisotopic (exact) mass is 598 g/mol. The van der Waals surface area contributed by atoms with Gasteiger partial charge in [-0.1, -0.05) is 117 Å². The van der Waals surface area contributed by atoms with E-state index in [2.05, 4.69) is 35.8 Å². The molecule has 4 aromatic carbocycles. The van der Waals surface area contributed by atoms with Crippen molar-refractivity contribution in [3.63, 3.8) is 0 Å². The van der Waals surface area contributed by atoms with E-state index in [1.54, 1.807) is 18.2 Å². The molecule has 0 radical (unpaired) electrons. The number of carbonyl (C=O) groups excluding carboxylic acids is 1. The highest BCUT2D eigenvalue weighted by molar-refractivity contribution is 5.73. The van der Waals surface area contributed by atoms with Crippen molar-refractivity contribution in [2.75, 3.05) is 26.2 Å². The number of fused-ring (bicyclic) bond motifs is 1. The van der Waals surface area contributed by atoms with Gasteiger partial charge in [-0.05, 0) is 49.2 Å². The molecular formula is C38H50N2O4. The van der Waals surface area contributed by atoms with Gasteiger partial charge >= 0.3 is 0 Å². The highest BCUT2D eigenvalue weighted by atomic mass is 16.6. The zero-order chi connectivity index (χ0) is 30.0. The lowest BCUT2D eigenvalue weighted by Gasteiger charge is -2.30. The van der Waals surface area contributed by atoms with Crippen LogP contribution in [0.3, 0.4) is 0 Å². The van der Waals surface area contributed by atoms with Crippen LogP contribution in [0.1, 0.15) is 55.0 Å². The van der Waals surface area contributed by atoms with Crippen molar-refractivity contribution in [1.82, 2.24) is 10.6 Å². The molecule has 2 aliphatic heterocycles. The van der Waals surface area contributed by atoms with Crippen LogP contribution in [0.5, 0.6) is 11.5 Å². The van der Waals surface area contributed by atoms with Gasteiger partial charge in [-0.3, -0.25) is 4.79 Å². The van der Waals surface area contributed by atoms with Crippen LogP contribution in [0.15, 0.2) is 109 Å². The van der Waals surface area contributed by atoms with Gasteiger partial charge in [0.05, 0.1) is 0 Å². The topological polar surface area (TPSA) is 90.8 Å². The Morgan fingerprint density at radius 3 is 1.82 bits per heavy atom. The van der Waals surface area contributed by atoms with Crippen molar-refractivity contribution in [2.45, 2.75) is 47.3 Å². The van der Waals surface area contributed by atoms with Gasteiger partial charge in [0.15, 0.2) is 6.29 Å².